The lowest BCUT2D eigenvalue weighted by Crippen LogP contribution is -2.28. The highest BCUT2D eigenvalue weighted by Crippen LogP contribution is 2.36. The number of benzene rings is 2. The van der Waals surface area contributed by atoms with Gasteiger partial charge in [0.2, 0.25) is 0 Å². The van der Waals surface area contributed by atoms with Gasteiger partial charge in [0, 0.05) is 24.3 Å². The van der Waals surface area contributed by atoms with Crippen molar-refractivity contribution in [2.45, 2.75) is 25.8 Å². The summed E-state index contributed by atoms with van der Waals surface area (Å²) in [5.41, 5.74) is 3.95. The van der Waals surface area contributed by atoms with Gasteiger partial charge in [-0.1, -0.05) is 30.3 Å². The van der Waals surface area contributed by atoms with Gasteiger partial charge >= 0.3 is 0 Å². The van der Waals surface area contributed by atoms with Crippen LogP contribution in [-0.2, 0) is 12.8 Å². The summed E-state index contributed by atoms with van der Waals surface area (Å²) < 4.78 is 5.16. The Labute approximate surface area is 170 Å². The normalized spacial score (nSPS) is 15.1. The van der Waals surface area contributed by atoms with E-state index in [1.807, 2.05) is 30.3 Å². The van der Waals surface area contributed by atoms with Gasteiger partial charge in [0.25, 0.3) is 5.91 Å². The molecule has 1 aliphatic heterocycles. The monoisotopic (exact) mass is 388 g/mol. The lowest BCUT2D eigenvalue weighted by molar-refractivity contribution is 0.0949. The van der Waals surface area contributed by atoms with Gasteiger partial charge in [-0.05, 0) is 49.1 Å². The number of carbonyl (C=O) groups excluding carboxylic acids is 1. The molecule has 3 aromatic rings. The van der Waals surface area contributed by atoms with Crippen LogP contribution in [0.15, 0.2) is 60.9 Å². The summed E-state index contributed by atoms with van der Waals surface area (Å²) in [7, 11) is 1.65. The predicted molar refractivity (Wildman–Crippen MR) is 113 cm³/mol. The number of rotatable bonds is 6. The summed E-state index contributed by atoms with van der Waals surface area (Å²) in [6.07, 6.45) is 3.16. The first-order valence-corrected chi connectivity index (χ1v) is 9.76. The second kappa shape index (κ2) is 8.31. The molecule has 6 heteroatoms. The van der Waals surface area contributed by atoms with Crippen LogP contribution in [0.25, 0.3) is 0 Å². The van der Waals surface area contributed by atoms with Crippen molar-refractivity contribution < 1.29 is 9.53 Å². The van der Waals surface area contributed by atoms with Gasteiger partial charge < -0.3 is 15.0 Å². The Morgan fingerprint density at radius 3 is 2.76 bits per heavy atom. The van der Waals surface area contributed by atoms with Crippen LogP contribution in [0.5, 0.6) is 5.75 Å². The van der Waals surface area contributed by atoms with Crippen molar-refractivity contribution in [1.82, 2.24) is 15.3 Å². The molecule has 0 saturated heterocycles. The molecule has 2 aromatic carbocycles. The quantitative estimate of drug-likeness (QED) is 0.700. The summed E-state index contributed by atoms with van der Waals surface area (Å²) >= 11 is 0. The number of carbonyl (C=O) groups is 1. The van der Waals surface area contributed by atoms with Gasteiger partial charge in [-0.2, -0.15) is 0 Å². The first-order chi connectivity index (χ1) is 14.2. The zero-order chi connectivity index (χ0) is 20.2. The molecule has 1 aliphatic rings. The minimum Gasteiger partial charge on any atom is -0.497 e. The summed E-state index contributed by atoms with van der Waals surface area (Å²) in [6.45, 7) is 2.70. The van der Waals surface area contributed by atoms with Gasteiger partial charge in [-0.25, -0.2) is 9.97 Å². The number of nitrogens with one attached hydrogen (secondary N) is 1. The molecule has 6 nitrogen and oxygen atoms in total. The average Bonchev–Trinajstić information content (AvgIpc) is 3.10. The molecule has 1 aromatic heterocycles. The van der Waals surface area contributed by atoms with E-state index in [4.69, 9.17) is 4.74 Å². The van der Waals surface area contributed by atoms with Crippen LogP contribution in [0.3, 0.4) is 0 Å². The number of ether oxygens (including phenoxy) is 1. The molecule has 29 heavy (non-hydrogen) atoms. The molecule has 0 saturated carbocycles. The second-order valence-corrected chi connectivity index (χ2v) is 7.17. The largest absolute Gasteiger partial charge is 0.497 e. The number of para-hydroxylation sites is 1. The van der Waals surface area contributed by atoms with Crippen molar-refractivity contribution in [3.8, 4) is 5.75 Å². The van der Waals surface area contributed by atoms with E-state index in [-0.39, 0.29) is 11.9 Å². The zero-order valence-corrected chi connectivity index (χ0v) is 16.6. The summed E-state index contributed by atoms with van der Waals surface area (Å²) in [6, 6.07) is 18.2. The Morgan fingerprint density at radius 1 is 1.17 bits per heavy atom. The fourth-order valence-corrected chi connectivity index (χ4v) is 3.72. The molecule has 1 N–H and O–H groups in total. The first kappa shape index (κ1) is 18.9. The van der Waals surface area contributed by atoms with Crippen molar-refractivity contribution in [3.05, 3.63) is 77.7 Å². The van der Waals surface area contributed by atoms with Crippen LogP contribution < -0.4 is 15.0 Å². The Hall–Kier alpha value is -3.41. The molecule has 0 radical (unpaired) electrons. The lowest BCUT2D eigenvalue weighted by atomic mass is 10.1. The molecule has 0 spiro atoms. The van der Waals surface area contributed by atoms with E-state index < -0.39 is 0 Å². The smallest absolute Gasteiger partial charge is 0.270 e. The number of aromatic nitrogens is 2. The van der Waals surface area contributed by atoms with E-state index in [2.05, 4.69) is 45.3 Å². The molecule has 1 unspecified atom stereocenters. The Balaban J connectivity index is 1.42. The third-order valence-electron chi connectivity index (χ3n) is 5.20. The summed E-state index contributed by atoms with van der Waals surface area (Å²) in [5.74, 6) is 1.38. The number of hydrogen-bond acceptors (Lipinski definition) is 5. The summed E-state index contributed by atoms with van der Waals surface area (Å²) in [5, 5.41) is 2.95. The number of anilines is 2. The van der Waals surface area contributed by atoms with Crippen molar-refractivity contribution in [2.75, 3.05) is 18.6 Å². The van der Waals surface area contributed by atoms with Crippen LogP contribution in [0, 0.1) is 0 Å². The summed E-state index contributed by atoms with van der Waals surface area (Å²) in [4.78, 5) is 23.4. The standard InChI is InChI=1S/C23H24N4O2/c1-16-13-18-5-3-4-6-21(18)27(16)22-14-20(25-15-26-22)23(28)24-12-11-17-7-9-19(29-2)10-8-17/h3-10,14-16H,11-13H2,1-2H3,(H,24,28). The highest BCUT2D eigenvalue weighted by Gasteiger charge is 2.28. The van der Waals surface area contributed by atoms with Crippen LogP contribution in [0.2, 0.25) is 0 Å². The van der Waals surface area contributed by atoms with E-state index in [0.717, 1.165) is 35.7 Å². The Bertz CT molecular complexity index is 1000. The molecule has 4 rings (SSSR count). The molecular formula is C23H24N4O2. The van der Waals surface area contributed by atoms with E-state index in [1.165, 1.54) is 11.9 Å². The molecule has 2 heterocycles. The number of hydrogen-bond donors (Lipinski definition) is 1. The Morgan fingerprint density at radius 2 is 1.97 bits per heavy atom. The van der Waals surface area contributed by atoms with Gasteiger partial charge in [-0.3, -0.25) is 4.79 Å². The molecule has 0 fully saturated rings. The lowest BCUT2D eigenvalue weighted by Gasteiger charge is -2.23. The zero-order valence-electron chi connectivity index (χ0n) is 16.6. The van der Waals surface area contributed by atoms with E-state index in [0.29, 0.717) is 12.2 Å². The maximum Gasteiger partial charge on any atom is 0.270 e. The van der Waals surface area contributed by atoms with Crippen molar-refractivity contribution >= 4 is 17.4 Å². The fourth-order valence-electron chi connectivity index (χ4n) is 3.72. The highest BCUT2D eigenvalue weighted by atomic mass is 16.5. The van der Waals surface area contributed by atoms with Crippen molar-refractivity contribution in [1.29, 1.82) is 0 Å². The third kappa shape index (κ3) is 4.06. The fraction of sp³-hybridized carbons (Fsp3) is 0.261. The van der Waals surface area contributed by atoms with E-state index >= 15 is 0 Å². The van der Waals surface area contributed by atoms with Gasteiger partial charge in [0.05, 0.1) is 7.11 Å². The number of fused-ring (bicyclic) bond motifs is 1. The highest BCUT2D eigenvalue weighted by molar-refractivity contribution is 5.93. The molecule has 1 amide bonds. The molecule has 1 atom stereocenters. The molecule has 0 bridgehead atoms. The molecule has 148 valence electrons. The second-order valence-electron chi connectivity index (χ2n) is 7.17. The minimum atomic E-state index is -0.192. The van der Waals surface area contributed by atoms with Gasteiger partial charge in [0.1, 0.15) is 23.6 Å². The molecular weight excluding hydrogens is 364 g/mol. The van der Waals surface area contributed by atoms with Crippen LogP contribution in [-0.4, -0.2) is 35.6 Å². The minimum absolute atomic E-state index is 0.192. The van der Waals surface area contributed by atoms with Crippen LogP contribution in [0.1, 0.15) is 28.5 Å². The van der Waals surface area contributed by atoms with E-state index in [9.17, 15) is 4.79 Å². The van der Waals surface area contributed by atoms with E-state index in [1.54, 1.807) is 13.2 Å². The topological polar surface area (TPSA) is 67.3 Å². The number of nitrogens with zero attached hydrogens (tertiary/aromatic N) is 3. The van der Waals surface area contributed by atoms with Crippen LogP contribution >= 0.6 is 0 Å². The number of methoxy groups -OCH3 is 1. The maximum absolute atomic E-state index is 12.6. The third-order valence-corrected chi connectivity index (χ3v) is 5.20. The predicted octanol–water partition coefficient (Wildman–Crippen LogP) is 3.54. The SMILES string of the molecule is COc1ccc(CCNC(=O)c2cc(N3c4ccccc4CC3C)ncn2)cc1. The number of amides is 1. The van der Waals surface area contributed by atoms with Gasteiger partial charge in [0.15, 0.2) is 0 Å². The molecule has 0 aliphatic carbocycles. The first-order valence-electron chi connectivity index (χ1n) is 9.76. The average molecular weight is 388 g/mol. The Kier molecular flexibility index (Phi) is 5.42. The van der Waals surface area contributed by atoms with Crippen LogP contribution in [0.4, 0.5) is 11.5 Å². The van der Waals surface area contributed by atoms with Crippen molar-refractivity contribution in [2.24, 2.45) is 0 Å². The maximum atomic E-state index is 12.6. The van der Waals surface area contributed by atoms with Gasteiger partial charge in [-0.15, -0.1) is 0 Å². The van der Waals surface area contributed by atoms with Crippen molar-refractivity contribution in [3.63, 3.8) is 0 Å².